The zero-order valence-electron chi connectivity index (χ0n) is 20.0. The van der Waals surface area contributed by atoms with Gasteiger partial charge in [0.1, 0.15) is 0 Å². The number of benzene rings is 6. The maximum absolute atomic E-state index is 4.95. The Morgan fingerprint density at radius 1 is 0.405 bits per heavy atom. The molecule has 0 unspecified atom stereocenters. The predicted molar refractivity (Wildman–Crippen MR) is 154 cm³/mol. The summed E-state index contributed by atoms with van der Waals surface area (Å²) in [6.45, 7) is 0. The van der Waals surface area contributed by atoms with Gasteiger partial charge >= 0.3 is 0 Å². The molecule has 3 nitrogen and oxygen atoms in total. The third-order valence-electron chi connectivity index (χ3n) is 7.36. The van der Waals surface area contributed by atoms with Gasteiger partial charge in [0.2, 0.25) is 0 Å². The molecule has 0 saturated carbocycles. The second kappa shape index (κ2) is 7.74. The third-order valence-corrected chi connectivity index (χ3v) is 7.36. The van der Waals surface area contributed by atoms with Gasteiger partial charge in [0.25, 0.3) is 0 Å². The molecule has 6 aromatic carbocycles. The van der Waals surface area contributed by atoms with Crippen LogP contribution in [0, 0.1) is 0 Å². The number of hydrogen-bond acceptors (Lipinski definition) is 3. The Morgan fingerprint density at radius 2 is 1.03 bits per heavy atom. The van der Waals surface area contributed by atoms with Gasteiger partial charge in [-0.25, -0.2) is 9.97 Å². The number of aromatic nitrogens is 2. The van der Waals surface area contributed by atoms with Crippen LogP contribution in [-0.2, 0) is 0 Å². The van der Waals surface area contributed by atoms with Crippen LogP contribution in [0.25, 0.3) is 55.1 Å². The first-order valence-electron chi connectivity index (χ1n) is 12.5. The van der Waals surface area contributed by atoms with E-state index in [4.69, 9.17) is 9.97 Å². The standard InChI is InChI=1S/C34H21N3/c1-2-9-22(10-3-1)37(23-17-19-31-32(21-23)36-30-16-7-6-15-29(30)35-31)33-20-18-27-25-12-5-4-11-24(25)26-13-8-14-28(33)34(26)27/h1-21H. The van der Waals surface area contributed by atoms with Crippen molar-refractivity contribution in [3.8, 4) is 22.3 Å². The van der Waals surface area contributed by atoms with Crippen molar-refractivity contribution in [2.75, 3.05) is 4.90 Å². The van der Waals surface area contributed by atoms with Crippen LogP contribution in [0.3, 0.4) is 0 Å². The molecule has 8 rings (SSSR count). The molecule has 37 heavy (non-hydrogen) atoms. The minimum Gasteiger partial charge on any atom is -0.310 e. The van der Waals surface area contributed by atoms with Crippen molar-refractivity contribution in [3.05, 3.63) is 127 Å². The largest absolute Gasteiger partial charge is 0.310 e. The lowest BCUT2D eigenvalue weighted by molar-refractivity contribution is 1.29. The highest BCUT2D eigenvalue weighted by Crippen LogP contribution is 2.50. The number of hydrogen-bond donors (Lipinski definition) is 0. The van der Waals surface area contributed by atoms with E-state index in [0.29, 0.717) is 0 Å². The van der Waals surface area contributed by atoms with Crippen LogP contribution in [0.4, 0.5) is 17.1 Å². The predicted octanol–water partition coefficient (Wildman–Crippen LogP) is 9.05. The number of para-hydroxylation sites is 3. The number of rotatable bonds is 3. The monoisotopic (exact) mass is 471 g/mol. The fraction of sp³-hybridized carbons (Fsp3) is 0. The molecule has 172 valence electrons. The van der Waals surface area contributed by atoms with Crippen molar-refractivity contribution in [3.63, 3.8) is 0 Å². The summed E-state index contributed by atoms with van der Waals surface area (Å²) in [5, 5.41) is 2.55. The summed E-state index contributed by atoms with van der Waals surface area (Å²) in [5.74, 6) is 0. The molecule has 0 spiro atoms. The normalized spacial score (nSPS) is 11.8. The Balaban J connectivity index is 1.39. The maximum Gasteiger partial charge on any atom is 0.0915 e. The zero-order valence-corrected chi connectivity index (χ0v) is 20.0. The van der Waals surface area contributed by atoms with E-state index in [1.54, 1.807) is 0 Å². The van der Waals surface area contributed by atoms with Gasteiger partial charge in [-0.05, 0) is 76.2 Å². The maximum atomic E-state index is 4.95. The highest BCUT2D eigenvalue weighted by Gasteiger charge is 2.24. The Morgan fingerprint density at radius 3 is 1.81 bits per heavy atom. The minimum absolute atomic E-state index is 0.885. The molecular weight excluding hydrogens is 450 g/mol. The molecule has 0 amide bonds. The molecule has 0 atom stereocenters. The van der Waals surface area contributed by atoms with Gasteiger partial charge in [-0.3, -0.25) is 0 Å². The smallest absolute Gasteiger partial charge is 0.0915 e. The van der Waals surface area contributed by atoms with E-state index in [9.17, 15) is 0 Å². The van der Waals surface area contributed by atoms with Gasteiger partial charge < -0.3 is 4.90 Å². The van der Waals surface area contributed by atoms with Crippen molar-refractivity contribution >= 4 is 49.9 Å². The summed E-state index contributed by atoms with van der Waals surface area (Å²) in [7, 11) is 0. The zero-order chi connectivity index (χ0) is 24.3. The van der Waals surface area contributed by atoms with Gasteiger partial charge in [-0.1, -0.05) is 78.9 Å². The Kier molecular flexibility index (Phi) is 4.23. The lowest BCUT2D eigenvalue weighted by Gasteiger charge is -2.27. The molecule has 1 aromatic heterocycles. The summed E-state index contributed by atoms with van der Waals surface area (Å²) in [4.78, 5) is 12.1. The number of anilines is 3. The molecule has 0 N–H and O–H groups in total. The minimum atomic E-state index is 0.885. The summed E-state index contributed by atoms with van der Waals surface area (Å²) in [6.07, 6.45) is 0. The first kappa shape index (κ1) is 20.2. The van der Waals surface area contributed by atoms with Crippen LogP contribution in [0.5, 0.6) is 0 Å². The Hall–Kier alpha value is -5.02. The Labute approximate surface area is 214 Å². The SMILES string of the molecule is c1ccc(N(c2ccc3nc4ccccc4nc3c2)c2ccc3c4c(cccc24)-c2ccccc2-3)cc1. The summed E-state index contributed by atoms with van der Waals surface area (Å²) >= 11 is 0. The van der Waals surface area contributed by atoms with E-state index in [0.717, 1.165) is 39.1 Å². The molecule has 0 bridgehead atoms. The molecule has 1 aliphatic rings. The third kappa shape index (κ3) is 3.01. The molecule has 0 aliphatic heterocycles. The van der Waals surface area contributed by atoms with Crippen molar-refractivity contribution in [2.24, 2.45) is 0 Å². The first-order valence-corrected chi connectivity index (χ1v) is 12.5. The topological polar surface area (TPSA) is 29.0 Å². The van der Waals surface area contributed by atoms with E-state index < -0.39 is 0 Å². The van der Waals surface area contributed by atoms with E-state index >= 15 is 0 Å². The average Bonchev–Trinajstić information content (AvgIpc) is 3.29. The van der Waals surface area contributed by atoms with Crippen LogP contribution < -0.4 is 4.90 Å². The van der Waals surface area contributed by atoms with Gasteiger partial charge in [0.05, 0.1) is 27.8 Å². The first-order chi connectivity index (χ1) is 18.3. The van der Waals surface area contributed by atoms with Crippen molar-refractivity contribution in [1.29, 1.82) is 0 Å². The summed E-state index contributed by atoms with van der Waals surface area (Å²) in [6, 6.07) is 44.9. The van der Waals surface area contributed by atoms with Gasteiger partial charge in [0.15, 0.2) is 0 Å². The molecule has 0 saturated heterocycles. The molecule has 0 fully saturated rings. The van der Waals surface area contributed by atoms with E-state index in [1.807, 2.05) is 24.3 Å². The summed E-state index contributed by atoms with van der Waals surface area (Å²) in [5.41, 5.74) is 12.1. The summed E-state index contributed by atoms with van der Waals surface area (Å²) < 4.78 is 0. The lowest BCUT2D eigenvalue weighted by atomic mass is 10.00. The van der Waals surface area contributed by atoms with E-state index in [-0.39, 0.29) is 0 Å². The molecule has 1 aliphatic carbocycles. The molecule has 7 aromatic rings. The number of nitrogens with zero attached hydrogens (tertiary/aromatic N) is 3. The molecule has 0 radical (unpaired) electrons. The second-order valence-corrected chi connectivity index (χ2v) is 9.46. The Bertz CT molecular complexity index is 1960. The van der Waals surface area contributed by atoms with Gasteiger partial charge in [-0.15, -0.1) is 0 Å². The highest BCUT2D eigenvalue weighted by molar-refractivity contribution is 6.19. The van der Waals surface area contributed by atoms with Crippen LogP contribution in [0.2, 0.25) is 0 Å². The van der Waals surface area contributed by atoms with Gasteiger partial charge in [-0.2, -0.15) is 0 Å². The van der Waals surface area contributed by atoms with Crippen LogP contribution >= 0.6 is 0 Å². The van der Waals surface area contributed by atoms with Crippen LogP contribution in [0.1, 0.15) is 0 Å². The van der Waals surface area contributed by atoms with Crippen LogP contribution in [-0.4, -0.2) is 9.97 Å². The fourth-order valence-electron chi connectivity index (χ4n) is 5.74. The number of fused-ring (bicyclic) bond motifs is 5. The van der Waals surface area contributed by atoms with E-state index in [2.05, 4.69) is 108 Å². The molecular formula is C34H21N3. The van der Waals surface area contributed by atoms with Gasteiger partial charge in [0, 0.05) is 16.8 Å². The fourth-order valence-corrected chi connectivity index (χ4v) is 5.74. The molecule has 3 heteroatoms. The quantitative estimate of drug-likeness (QED) is 0.241. The van der Waals surface area contributed by atoms with E-state index in [1.165, 1.54) is 33.0 Å². The highest BCUT2D eigenvalue weighted by atomic mass is 15.1. The lowest BCUT2D eigenvalue weighted by Crippen LogP contribution is -2.10. The van der Waals surface area contributed by atoms with Crippen LogP contribution in [0.15, 0.2) is 127 Å². The van der Waals surface area contributed by atoms with Crippen molar-refractivity contribution in [1.82, 2.24) is 9.97 Å². The second-order valence-electron chi connectivity index (χ2n) is 9.46. The average molecular weight is 472 g/mol. The van der Waals surface area contributed by atoms with Crippen molar-refractivity contribution < 1.29 is 0 Å². The van der Waals surface area contributed by atoms with Crippen molar-refractivity contribution in [2.45, 2.75) is 0 Å². The molecule has 1 heterocycles.